The zero-order valence-electron chi connectivity index (χ0n) is 11.6. The summed E-state index contributed by atoms with van der Waals surface area (Å²) in [5.74, 6) is 0. The van der Waals surface area contributed by atoms with E-state index in [0.717, 1.165) is 0 Å². The van der Waals surface area contributed by atoms with Gasteiger partial charge >= 0.3 is 0 Å². The van der Waals surface area contributed by atoms with E-state index in [1.54, 1.807) is 35.0 Å². The van der Waals surface area contributed by atoms with Gasteiger partial charge < -0.3 is 0 Å². The largest absolute Gasteiger partial charge is 0.218 e. The van der Waals surface area contributed by atoms with Crippen molar-refractivity contribution in [3.05, 3.63) is 68.1 Å². The van der Waals surface area contributed by atoms with Crippen LogP contribution in [0.1, 0.15) is 9.75 Å². The highest BCUT2D eigenvalue weighted by Gasteiger charge is 2.31. The number of nitriles is 2. The van der Waals surface area contributed by atoms with Gasteiger partial charge in [0.1, 0.15) is 17.7 Å². The van der Waals surface area contributed by atoms with Crippen LogP contribution in [0.3, 0.4) is 0 Å². The molecule has 7 heteroatoms. The average Bonchev–Trinajstić information content (AvgIpc) is 3.22. The van der Waals surface area contributed by atoms with Gasteiger partial charge in [-0.25, -0.2) is 8.42 Å². The average molecular weight is 356 g/mol. The molecule has 1 aliphatic heterocycles. The first-order valence-corrected chi connectivity index (χ1v) is 9.63. The zero-order valence-corrected chi connectivity index (χ0v) is 14.0. The van der Waals surface area contributed by atoms with Gasteiger partial charge in [-0.3, -0.25) is 0 Å². The first-order chi connectivity index (χ1) is 11.1. The molecule has 2 aromatic rings. The van der Waals surface area contributed by atoms with Crippen LogP contribution >= 0.6 is 22.7 Å². The van der Waals surface area contributed by atoms with Crippen LogP contribution in [0.2, 0.25) is 0 Å². The molecule has 0 saturated carbocycles. The van der Waals surface area contributed by atoms with Crippen molar-refractivity contribution in [3.8, 4) is 12.1 Å². The SMILES string of the molecule is N#CC(C#N)=C1C=C(c2cccs2)S(=O)(=O)C(c2cccs2)=C1. The van der Waals surface area contributed by atoms with Gasteiger partial charge in [0.05, 0.1) is 9.81 Å². The fourth-order valence-corrected chi connectivity index (χ4v) is 5.83. The molecule has 23 heavy (non-hydrogen) atoms. The number of hydrogen-bond acceptors (Lipinski definition) is 6. The van der Waals surface area contributed by atoms with Crippen LogP contribution in [0.25, 0.3) is 9.81 Å². The first kappa shape index (κ1) is 15.4. The Kier molecular flexibility index (Phi) is 4.01. The highest BCUT2D eigenvalue weighted by atomic mass is 32.2. The Morgan fingerprint density at radius 3 is 1.74 bits per heavy atom. The molecule has 0 fully saturated rings. The Balaban J connectivity index is 2.32. The van der Waals surface area contributed by atoms with E-state index in [0.29, 0.717) is 15.3 Å². The molecule has 0 spiro atoms. The van der Waals surface area contributed by atoms with Crippen molar-refractivity contribution < 1.29 is 8.42 Å². The maximum absolute atomic E-state index is 12.9. The van der Waals surface area contributed by atoms with Crippen molar-refractivity contribution in [2.75, 3.05) is 0 Å². The van der Waals surface area contributed by atoms with E-state index in [2.05, 4.69) is 0 Å². The zero-order chi connectivity index (χ0) is 16.4. The number of nitrogens with zero attached hydrogens (tertiary/aromatic N) is 2. The number of allylic oxidation sites excluding steroid dienone is 4. The van der Waals surface area contributed by atoms with Crippen LogP contribution in [0.5, 0.6) is 0 Å². The lowest BCUT2D eigenvalue weighted by Gasteiger charge is -2.16. The second-order valence-electron chi connectivity index (χ2n) is 4.53. The van der Waals surface area contributed by atoms with Gasteiger partial charge in [0, 0.05) is 15.3 Å². The minimum Gasteiger partial charge on any atom is -0.218 e. The van der Waals surface area contributed by atoms with Gasteiger partial charge in [0.25, 0.3) is 0 Å². The summed E-state index contributed by atoms with van der Waals surface area (Å²) in [4.78, 5) is 1.41. The summed E-state index contributed by atoms with van der Waals surface area (Å²) in [5.41, 5.74) is 0.208. The second-order valence-corrected chi connectivity index (χ2v) is 8.31. The molecule has 0 atom stereocenters. The molecule has 3 rings (SSSR count). The second kappa shape index (κ2) is 5.98. The molecule has 0 saturated heterocycles. The Morgan fingerprint density at radius 2 is 1.39 bits per heavy atom. The molecule has 3 heterocycles. The monoisotopic (exact) mass is 356 g/mol. The van der Waals surface area contributed by atoms with Gasteiger partial charge in [-0.15, -0.1) is 22.7 Å². The fourth-order valence-electron chi connectivity index (χ4n) is 2.14. The van der Waals surface area contributed by atoms with E-state index in [1.165, 1.54) is 34.8 Å². The molecular weight excluding hydrogens is 348 g/mol. The standard InChI is InChI=1S/C16H8N2O2S3/c17-9-12(10-18)11-7-15(13-3-1-5-21-13)23(19,20)16(8-11)14-4-2-6-22-14/h1-8H. The van der Waals surface area contributed by atoms with Gasteiger partial charge in [0.15, 0.2) is 0 Å². The summed E-state index contributed by atoms with van der Waals surface area (Å²) in [5, 5.41) is 21.8. The van der Waals surface area contributed by atoms with Gasteiger partial charge in [0.2, 0.25) is 9.84 Å². The van der Waals surface area contributed by atoms with Crippen LogP contribution in [-0.4, -0.2) is 8.42 Å². The number of rotatable bonds is 2. The van der Waals surface area contributed by atoms with E-state index in [1.807, 2.05) is 12.1 Å². The normalized spacial score (nSPS) is 16.0. The van der Waals surface area contributed by atoms with E-state index in [9.17, 15) is 8.42 Å². The molecule has 0 aromatic carbocycles. The molecule has 4 nitrogen and oxygen atoms in total. The van der Waals surface area contributed by atoms with E-state index < -0.39 is 9.84 Å². The third kappa shape index (κ3) is 2.66. The van der Waals surface area contributed by atoms with E-state index in [-0.39, 0.29) is 15.4 Å². The van der Waals surface area contributed by atoms with Gasteiger partial charge in [-0.05, 0) is 35.0 Å². The Bertz CT molecular complexity index is 948. The summed E-state index contributed by atoms with van der Waals surface area (Å²) < 4.78 is 25.9. The summed E-state index contributed by atoms with van der Waals surface area (Å²) in [6.45, 7) is 0. The minimum atomic E-state index is -3.70. The molecule has 0 unspecified atom stereocenters. The molecule has 2 aromatic heterocycles. The topological polar surface area (TPSA) is 81.7 Å². The maximum Gasteiger partial charge on any atom is 0.209 e. The van der Waals surface area contributed by atoms with E-state index >= 15 is 0 Å². The molecular formula is C16H8N2O2S3. The van der Waals surface area contributed by atoms with Gasteiger partial charge in [-0.1, -0.05) is 12.1 Å². The fraction of sp³-hybridized carbons (Fsp3) is 0. The van der Waals surface area contributed by atoms with Crippen LogP contribution in [-0.2, 0) is 9.84 Å². The Hall–Kier alpha value is -2.45. The molecule has 0 radical (unpaired) electrons. The van der Waals surface area contributed by atoms with Crippen LogP contribution in [0, 0.1) is 22.7 Å². The van der Waals surface area contributed by atoms with Crippen molar-refractivity contribution in [2.24, 2.45) is 0 Å². The third-order valence-corrected chi connectivity index (χ3v) is 7.09. The third-order valence-electron chi connectivity index (χ3n) is 3.19. The van der Waals surface area contributed by atoms with Crippen LogP contribution in [0.15, 0.2) is 58.3 Å². The summed E-state index contributed by atoms with van der Waals surface area (Å²) in [6, 6.07) is 10.6. The van der Waals surface area contributed by atoms with Crippen molar-refractivity contribution in [1.82, 2.24) is 0 Å². The molecule has 0 N–H and O–H groups in total. The highest BCUT2D eigenvalue weighted by Crippen LogP contribution is 2.41. The van der Waals surface area contributed by atoms with Crippen molar-refractivity contribution in [1.29, 1.82) is 10.5 Å². The summed E-state index contributed by atoms with van der Waals surface area (Å²) >= 11 is 2.60. The summed E-state index contributed by atoms with van der Waals surface area (Å²) in [6.07, 6.45) is 2.81. The number of sulfone groups is 1. The number of thiophene rings is 2. The van der Waals surface area contributed by atoms with Crippen molar-refractivity contribution >= 4 is 42.3 Å². The highest BCUT2D eigenvalue weighted by molar-refractivity contribution is 8.09. The predicted octanol–water partition coefficient (Wildman–Crippen LogP) is 3.96. The van der Waals surface area contributed by atoms with Crippen LogP contribution in [0.4, 0.5) is 0 Å². The Labute approximate surface area is 141 Å². The smallest absolute Gasteiger partial charge is 0.209 e. The van der Waals surface area contributed by atoms with Crippen molar-refractivity contribution in [3.63, 3.8) is 0 Å². The van der Waals surface area contributed by atoms with Crippen LogP contribution < -0.4 is 0 Å². The molecule has 1 aliphatic rings. The predicted molar refractivity (Wildman–Crippen MR) is 91.8 cm³/mol. The Morgan fingerprint density at radius 1 is 0.913 bits per heavy atom. The van der Waals surface area contributed by atoms with Crippen molar-refractivity contribution in [2.45, 2.75) is 0 Å². The lowest BCUT2D eigenvalue weighted by atomic mass is 10.1. The minimum absolute atomic E-state index is 0.108. The van der Waals surface area contributed by atoms with Gasteiger partial charge in [-0.2, -0.15) is 10.5 Å². The lowest BCUT2D eigenvalue weighted by molar-refractivity contribution is 0.615. The maximum atomic E-state index is 12.9. The first-order valence-electron chi connectivity index (χ1n) is 6.38. The molecule has 112 valence electrons. The van der Waals surface area contributed by atoms with E-state index in [4.69, 9.17) is 10.5 Å². The quantitative estimate of drug-likeness (QED) is 0.763. The molecule has 0 aliphatic carbocycles. The molecule has 0 amide bonds. The molecule has 0 bridgehead atoms. The number of hydrogen-bond donors (Lipinski definition) is 0. The lowest BCUT2D eigenvalue weighted by Crippen LogP contribution is -2.09. The summed E-state index contributed by atoms with van der Waals surface area (Å²) in [7, 11) is -3.70.